The van der Waals surface area contributed by atoms with E-state index in [-0.39, 0.29) is 18.4 Å². The molecule has 8 nitrogen and oxygen atoms in total. The summed E-state index contributed by atoms with van der Waals surface area (Å²) in [6, 6.07) is 9.75. The van der Waals surface area contributed by atoms with E-state index in [0.717, 1.165) is 55.0 Å². The summed E-state index contributed by atoms with van der Waals surface area (Å²) in [6.07, 6.45) is 8.79. The van der Waals surface area contributed by atoms with Crippen LogP contribution in [0.3, 0.4) is 0 Å². The average molecular weight is 450 g/mol. The summed E-state index contributed by atoms with van der Waals surface area (Å²) in [5.41, 5.74) is 4.28. The number of nitrogens with zero attached hydrogens (tertiary/aromatic N) is 4. The molecule has 4 heterocycles. The van der Waals surface area contributed by atoms with Crippen molar-refractivity contribution < 1.29 is 14.3 Å². The zero-order valence-electron chi connectivity index (χ0n) is 19.3. The van der Waals surface area contributed by atoms with E-state index in [1.165, 1.54) is 12.0 Å². The van der Waals surface area contributed by atoms with Gasteiger partial charge in [-0.2, -0.15) is 5.10 Å². The second-order valence-corrected chi connectivity index (χ2v) is 8.14. The molecule has 0 saturated heterocycles. The number of hydrogen-bond donors (Lipinski definition) is 1. The topological polar surface area (TPSA) is 91.2 Å². The third-order valence-electron chi connectivity index (χ3n) is 5.82. The molecule has 1 atom stereocenters. The Morgan fingerprint density at radius 1 is 1.18 bits per heavy atom. The minimum Gasteiger partial charge on any atom is -0.481 e. The molecular formula is C25H31N5O3. The number of carbonyl (C=O) groups is 1. The van der Waals surface area contributed by atoms with Crippen molar-refractivity contribution in [2.45, 2.75) is 51.5 Å². The molecule has 0 aromatic carbocycles. The van der Waals surface area contributed by atoms with Gasteiger partial charge in [0, 0.05) is 30.7 Å². The van der Waals surface area contributed by atoms with E-state index in [2.05, 4.69) is 22.4 Å². The summed E-state index contributed by atoms with van der Waals surface area (Å²) in [6.45, 7) is 3.15. The van der Waals surface area contributed by atoms with E-state index < -0.39 is 0 Å². The van der Waals surface area contributed by atoms with Crippen molar-refractivity contribution in [1.29, 1.82) is 0 Å². The molecule has 3 aromatic heterocycles. The number of anilines is 1. The zero-order chi connectivity index (χ0) is 23.0. The third-order valence-corrected chi connectivity index (χ3v) is 5.82. The molecule has 4 rings (SSSR count). The van der Waals surface area contributed by atoms with E-state index >= 15 is 0 Å². The van der Waals surface area contributed by atoms with Crippen LogP contribution in [0.4, 0.5) is 5.82 Å². The molecular weight excluding hydrogens is 418 g/mol. The third kappa shape index (κ3) is 5.88. The van der Waals surface area contributed by atoms with Crippen molar-refractivity contribution in [3.63, 3.8) is 0 Å². The largest absolute Gasteiger partial charge is 0.481 e. The van der Waals surface area contributed by atoms with E-state index in [9.17, 15) is 4.79 Å². The van der Waals surface area contributed by atoms with Crippen LogP contribution in [0.1, 0.15) is 54.7 Å². The highest BCUT2D eigenvalue weighted by atomic mass is 16.5. The minimum atomic E-state index is -0.287. The number of rotatable bonds is 10. The molecule has 0 bridgehead atoms. The predicted molar refractivity (Wildman–Crippen MR) is 125 cm³/mol. The number of fused-ring (bicyclic) bond motifs is 1. The second-order valence-electron chi connectivity index (χ2n) is 8.14. The molecule has 3 aromatic rings. The highest BCUT2D eigenvalue weighted by Crippen LogP contribution is 2.24. The van der Waals surface area contributed by atoms with Gasteiger partial charge in [-0.3, -0.25) is 9.48 Å². The Morgan fingerprint density at radius 3 is 2.85 bits per heavy atom. The maximum Gasteiger partial charge on any atom is 0.308 e. The van der Waals surface area contributed by atoms with Gasteiger partial charge in [-0.15, -0.1) is 0 Å². The van der Waals surface area contributed by atoms with E-state index in [4.69, 9.17) is 19.6 Å². The number of carbonyl (C=O) groups excluding carboxylic acids is 1. The van der Waals surface area contributed by atoms with Crippen LogP contribution in [0.15, 0.2) is 42.7 Å². The van der Waals surface area contributed by atoms with Gasteiger partial charge in [0.05, 0.1) is 31.9 Å². The zero-order valence-corrected chi connectivity index (χ0v) is 19.3. The Kier molecular flexibility index (Phi) is 7.55. The number of hydrogen-bond acceptors (Lipinski definition) is 7. The molecule has 8 heteroatoms. The van der Waals surface area contributed by atoms with Gasteiger partial charge >= 0.3 is 5.97 Å². The quantitative estimate of drug-likeness (QED) is 0.471. The normalized spacial score (nSPS) is 13.6. The molecule has 0 fully saturated rings. The van der Waals surface area contributed by atoms with Gasteiger partial charge < -0.3 is 14.8 Å². The van der Waals surface area contributed by atoms with Crippen LogP contribution >= 0.6 is 0 Å². The molecule has 0 saturated carbocycles. The van der Waals surface area contributed by atoms with Crippen molar-refractivity contribution in [2.75, 3.05) is 25.6 Å². The lowest BCUT2D eigenvalue weighted by Crippen LogP contribution is -2.18. The number of esters is 1. The average Bonchev–Trinajstić information content (AvgIpc) is 3.31. The van der Waals surface area contributed by atoms with Crippen LogP contribution in [0, 0.1) is 0 Å². The number of nitrogens with one attached hydrogen (secondary N) is 1. The Labute approximate surface area is 194 Å². The lowest BCUT2D eigenvalue weighted by molar-refractivity contribution is -0.143. The SMILES string of the molecule is CCOC(=O)CC(c1ccc(OC)nc1)n1ccc(CCCc2ccc3c(n2)NCCC3)n1. The maximum atomic E-state index is 12.2. The van der Waals surface area contributed by atoms with Gasteiger partial charge in [0.25, 0.3) is 0 Å². The summed E-state index contributed by atoms with van der Waals surface area (Å²) in [5, 5.41) is 8.16. The predicted octanol–water partition coefficient (Wildman–Crippen LogP) is 3.76. The van der Waals surface area contributed by atoms with Gasteiger partial charge in [-0.1, -0.05) is 6.07 Å². The van der Waals surface area contributed by atoms with Crippen molar-refractivity contribution in [1.82, 2.24) is 19.7 Å². The van der Waals surface area contributed by atoms with Crippen molar-refractivity contribution in [3.8, 4) is 5.88 Å². The highest BCUT2D eigenvalue weighted by molar-refractivity contribution is 5.70. The monoisotopic (exact) mass is 449 g/mol. The van der Waals surface area contributed by atoms with E-state index in [1.807, 2.05) is 23.0 Å². The first kappa shape index (κ1) is 22.8. The van der Waals surface area contributed by atoms with Crippen molar-refractivity contribution in [2.24, 2.45) is 0 Å². The standard InChI is InChI=1S/C25H31N5O3/c1-3-33-24(31)16-22(19-10-12-23(32-2)27-17-19)30-15-13-21(29-30)8-4-7-20-11-9-18-6-5-14-26-25(18)28-20/h9-13,15,17,22H,3-8,14,16H2,1-2H3,(H,26,28). The van der Waals surface area contributed by atoms with Crippen LogP contribution in [-0.2, 0) is 28.8 Å². The fourth-order valence-electron chi connectivity index (χ4n) is 4.09. The van der Waals surface area contributed by atoms with Crippen molar-refractivity contribution >= 4 is 11.8 Å². The first-order valence-electron chi connectivity index (χ1n) is 11.6. The summed E-state index contributed by atoms with van der Waals surface area (Å²) in [4.78, 5) is 21.3. The molecule has 1 N–H and O–H groups in total. The molecule has 33 heavy (non-hydrogen) atoms. The number of methoxy groups -OCH3 is 1. The summed E-state index contributed by atoms with van der Waals surface area (Å²) in [7, 11) is 1.58. The molecule has 0 aliphatic carbocycles. The van der Waals surface area contributed by atoms with E-state index in [0.29, 0.717) is 12.5 Å². The Morgan fingerprint density at radius 2 is 2.06 bits per heavy atom. The highest BCUT2D eigenvalue weighted by Gasteiger charge is 2.21. The van der Waals surface area contributed by atoms with Crippen molar-refractivity contribution in [3.05, 3.63) is 65.2 Å². The fourth-order valence-corrected chi connectivity index (χ4v) is 4.09. The van der Waals surface area contributed by atoms with Gasteiger partial charge in [-0.05, 0) is 68.4 Å². The molecule has 1 aliphatic rings. The Hall–Kier alpha value is -3.42. The van der Waals surface area contributed by atoms with Gasteiger partial charge in [0.2, 0.25) is 5.88 Å². The summed E-state index contributed by atoms with van der Waals surface area (Å²) in [5.74, 6) is 1.31. The lowest BCUT2D eigenvalue weighted by Gasteiger charge is -2.17. The number of ether oxygens (including phenoxy) is 2. The Balaban J connectivity index is 1.41. The number of pyridine rings is 2. The first-order valence-corrected chi connectivity index (χ1v) is 11.6. The molecule has 1 unspecified atom stereocenters. The van der Waals surface area contributed by atoms with Crippen LogP contribution in [0.25, 0.3) is 0 Å². The maximum absolute atomic E-state index is 12.2. The second kappa shape index (κ2) is 10.9. The van der Waals surface area contributed by atoms with Crippen LogP contribution in [0.2, 0.25) is 0 Å². The molecule has 0 amide bonds. The first-order chi connectivity index (χ1) is 16.2. The summed E-state index contributed by atoms with van der Waals surface area (Å²) < 4.78 is 12.2. The van der Waals surface area contributed by atoms with Crippen LogP contribution < -0.4 is 10.1 Å². The van der Waals surface area contributed by atoms with Gasteiger partial charge in [0.15, 0.2) is 0 Å². The minimum absolute atomic E-state index is 0.189. The lowest BCUT2D eigenvalue weighted by atomic mass is 10.1. The van der Waals surface area contributed by atoms with E-state index in [1.54, 1.807) is 26.3 Å². The fraction of sp³-hybridized carbons (Fsp3) is 0.440. The summed E-state index contributed by atoms with van der Waals surface area (Å²) >= 11 is 0. The molecule has 1 aliphatic heterocycles. The smallest absolute Gasteiger partial charge is 0.308 e. The number of aryl methyl sites for hydroxylation is 3. The van der Waals surface area contributed by atoms with Crippen LogP contribution in [0.5, 0.6) is 5.88 Å². The van der Waals surface area contributed by atoms with Crippen LogP contribution in [-0.4, -0.2) is 46.0 Å². The Bertz CT molecular complexity index is 1060. The number of aromatic nitrogens is 4. The molecule has 0 radical (unpaired) electrons. The molecule has 0 spiro atoms. The van der Waals surface area contributed by atoms with Gasteiger partial charge in [0.1, 0.15) is 5.82 Å². The molecule has 174 valence electrons. The van der Waals surface area contributed by atoms with Gasteiger partial charge in [-0.25, -0.2) is 9.97 Å².